The van der Waals surface area contributed by atoms with Gasteiger partial charge in [-0.25, -0.2) is 18.4 Å². The van der Waals surface area contributed by atoms with Gasteiger partial charge in [0.05, 0.1) is 10.6 Å². The van der Waals surface area contributed by atoms with Crippen molar-refractivity contribution in [3.63, 3.8) is 0 Å². The molecule has 0 saturated heterocycles. The number of hydrogen-bond donors (Lipinski definition) is 1. The first-order chi connectivity index (χ1) is 10.9. The lowest BCUT2D eigenvalue weighted by Crippen LogP contribution is -2.04. The number of nitrogen functional groups attached to an aromatic ring is 1. The molecule has 0 aliphatic heterocycles. The quantitative estimate of drug-likeness (QED) is 0.725. The van der Waals surface area contributed by atoms with E-state index in [4.69, 9.17) is 17.3 Å². The molecule has 0 spiro atoms. The number of benzene rings is 1. The maximum atomic E-state index is 12.9. The van der Waals surface area contributed by atoms with Gasteiger partial charge >= 0.3 is 0 Å². The maximum absolute atomic E-state index is 12.9. The summed E-state index contributed by atoms with van der Waals surface area (Å²) in [5.74, 6) is -0.0544. The van der Waals surface area contributed by atoms with E-state index in [1.165, 1.54) is 29.1 Å². The SMILES string of the molecule is Cn1cc(S(=O)(=O)c2ccccc2)c(-c2cc(Cl)nc(N)n2)n1. The van der Waals surface area contributed by atoms with Crippen LogP contribution in [0.25, 0.3) is 11.4 Å². The second-order valence-electron chi connectivity index (χ2n) is 4.77. The summed E-state index contributed by atoms with van der Waals surface area (Å²) in [6, 6.07) is 9.52. The smallest absolute Gasteiger partial charge is 0.222 e. The molecule has 0 unspecified atom stereocenters. The zero-order valence-electron chi connectivity index (χ0n) is 12.0. The number of hydrogen-bond acceptors (Lipinski definition) is 6. The third-order valence-corrected chi connectivity index (χ3v) is 5.06. The van der Waals surface area contributed by atoms with Crippen molar-refractivity contribution in [3.8, 4) is 11.4 Å². The predicted octanol–water partition coefficient (Wildman–Crippen LogP) is 1.95. The average molecular weight is 350 g/mol. The highest BCUT2D eigenvalue weighted by Crippen LogP contribution is 2.30. The number of halogens is 1. The van der Waals surface area contributed by atoms with Crippen LogP contribution in [0.2, 0.25) is 5.15 Å². The molecule has 3 rings (SSSR count). The van der Waals surface area contributed by atoms with Crippen molar-refractivity contribution >= 4 is 27.4 Å². The summed E-state index contributed by atoms with van der Waals surface area (Å²) >= 11 is 5.88. The van der Waals surface area contributed by atoms with Gasteiger partial charge in [0.2, 0.25) is 15.8 Å². The zero-order valence-corrected chi connectivity index (χ0v) is 13.6. The summed E-state index contributed by atoms with van der Waals surface area (Å²) in [6.07, 6.45) is 1.42. The van der Waals surface area contributed by atoms with Gasteiger partial charge in [-0.2, -0.15) is 5.10 Å². The summed E-state index contributed by atoms with van der Waals surface area (Å²) in [4.78, 5) is 7.99. The van der Waals surface area contributed by atoms with Gasteiger partial charge in [0.25, 0.3) is 0 Å². The Kier molecular flexibility index (Phi) is 3.78. The zero-order chi connectivity index (χ0) is 16.6. The first-order valence-electron chi connectivity index (χ1n) is 6.52. The molecule has 0 saturated carbocycles. The predicted molar refractivity (Wildman–Crippen MR) is 85.6 cm³/mol. The lowest BCUT2D eigenvalue weighted by Gasteiger charge is -2.05. The van der Waals surface area contributed by atoms with E-state index in [0.29, 0.717) is 0 Å². The van der Waals surface area contributed by atoms with Crippen LogP contribution in [0.3, 0.4) is 0 Å². The van der Waals surface area contributed by atoms with Crippen LogP contribution >= 0.6 is 11.6 Å². The van der Waals surface area contributed by atoms with Gasteiger partial charge in [-0.15, -0.1) is 0 Å². The number of aromatic nitrogens is 4. The second kappa shape index (κ2) is 5.64. The highest BCUT2D eigenvalue weighted by atomic mass is 35.5. The minimum atomic E-state index is -3.75. The van der Waals surface area contributed by atoms with Crippen LogP contribution in [-0.2, 0) is 16.9 Å². The molecule has 0 bridgehead atoms. The van der Waals surface area contributed by atoms with Crippen LogP contribution in [-0.4, -0.2) is 28.2 Å². The summed E-state index contributed by atoms with van der Waals surface area (Å²) in [5.41, 5.74) is 6.00. The highest BCUT2D eigenvalue weighted by Gasteiger charge is 2.26. The van der Waals surface area contributed by atoms with E-state index in [-0.39, 0.29) is 32.3 Å². The lowest BCUT2D eigenvalue weighted by atomic mass is 10.3. The van der Waals surface area contributed by atoms with E-state index >= 15 is 0 Å². The summed E-state index contributed by atoms with van der Waals surface area (Å²) < 4.78 is 27.1. The normalized spacial score (nSPS) is 11.6. The molecular formula is C14H12ClN5O2S. The monoisotopic (exact) mass is 349 g/mol. The van der Waals surface area contributed by atoms with E-state index in [0.717, 1.165) is 0 Å². The van der Waals surface area contributed by atoms with Crippen molar-refractivity contribution in [1.82, 2.24) is 19.7 Å². The first-order valence-corrected chi connectivity index (χ1v) is 8.38. The highest BCUT2D eigenvalue weighted by molar-refractivity contribution is 7.91. The Morgan fingerprint density at radius 3 is 2.52 bits per heavy atom. The van der Waals surface area contributed by atoms with E-state index in [9.17, 15) is 8.42 Å². The third kappa shape index (κ3) is 2.90. The van der Waals surface area contributed by atoms with Crippen LogP contribution < -0.4 is 5.73 Å². The van der Waals surface area contributed by atoms with Crippen LogP contribution in [0.5, 0.6) is 0 Å². The molecule has 0 aliphatic carbocycles. The van der Waals surface area contributed by atoms with Crippen LogP contribution in [0.4, 0.5) is 5.95 Å². The molecule has 2 aromatic heterocycles. The van der Waals surface area contributed by atoms with Crippen molar-refractivity contribution in [1.29, 1.82) is 0 Å². The van der Waals surface area contributed by atoms with Crippen molar-refractivity contribution < 1.29 is 8.42 Å². The number of nitrogens with two attached hydrogens (primary N) is 1. The van der Waals surface area contributed by atoms with Crippen molar-refractivity contribution in [3.05, 3.63) is 47.7 Å². The topological polar surface area (TPSA) is 104 Å². The molecule has 9 heteroatoms. The number of anilines is 1. The van der Waals surface area contributed by atoms with Crippen LogP contribution in [0.15, 0.2) is 52.4 Å². The molecular weight excluding hydrogens is 338 g/mol. The Labute approximate surface area is 137 Å². The van der Waals surface area contributed by atoms with Gasteiger partial charge in [-0.05, 0) is 12.1 Å². The van der Waals surface area contributed by atoms with E-state index in [1.54, 1.807) is 25.2 Å². The van der Waals surface area contributed by atoms with Gasteiger partial charge in [0.1, 0.15) is 15.7 Å². The van der Waals surface area contributed by atoms with E-state index in [2.05, 4.69) is 15.1 Å². The van der Waals surface area contributed by atoms with Gasteiger partial charge in [0, 0.05) is 19.3 Å². The third-order valence-electron chi connectivity index (χ3n) is 3.09. The van der Waals surface area contributed by atoms with Crippen molar-refractivity contribution in [2.45, 2.75) is 9.79 Å². The van der Waals surface area contributed by atoms with Gasteiger partial charge < -0.3 is 5.73 Å². The average Bonchev–Trinajstić information content (AvgIpc) is 2.90. The minimum absolute atomic E-state index is 0.0281. The van der Waals surface area contributed by atoms with Crippen molar-refractivity contribution in [2.24, 2.45) is 7.05 Å². The fraction of sp³-hybridized carbons (Fsp3) is 0.0714. The molecule has 0 radical (unpaired) electrons. The molecule has 23 heavy (non-hydrogen) atoms. The number of sulfone groups is 1. The molecule has 0 fully saturated rings. The molecule has 2 heterocycles. The van der Waals surface area contributed by atoms with Crippen LogP contribution in [0.1, 0.15) is 0 Å². The minimum Gasteiger partial charge on any atom is -0.368 e. The second-order valence-corrected chi connectivity index (χ2v) is 7.07. The molecule has 0 atom stereocenters. The maximum Gasteiger partial charge on any atom is 0.222 e. The van der Waals surface area contributed by atoms with Crippen molar-refractivity contribution in [2.75, 3.05) is 5.73 Å². The Morgan fingerprint density at radius 1 is 1.17 bits per heavy atom. The molecule has 3 aromatic rings. The number of aryl methyl sites for hydroxylation is 1. The van der Waals surface area contributed by atoms with Gasteiger partial charge in [0.15, 0.2) is 0 Å². The Morgan fingerprint density at radius 2 is 1.87 bits per heavy atom. The first kappa shape index (κ1) is 15.4. The largest absolute Gasteiger partial charge is 0.368 e. The molecule has 0 amide bonds. The molecule has 118 valence electrons. The summed E-state index contributed by atoms with van der Waals surface area (Å²) in [7, 11) is -2.13. The van der Waals surface area contributed by atoms with E-state index < -0.39 is 9.84 Å². The fourth-order valence-corrected chi connectivity index (χ4v) is 3.77. The van der Waals surface area contributed by atoms with Gasteiger partial charge in [-0.3, -0.25) is 4.68 Å². The summed E-state index contributed by atoms with van der Waals surface area (Å²) in [5, 5.41) is 4.30. The number of rotatable bonds is 3. The summed E-state index contributed by atoms with van der Waals surface area (Å²) in [6.45, 7) is 0. The van der Waals surface area contributed by atoms with Gasteiger partial charge in [-0.1, -0.05) is 29.8 Å². The standard InChI is InChI=1S/C14H12ClN5O2S/c1-20-8-11(23(21,22)9-5-3-2-4-6-9)13(19-20)10-7-12(15)18-14(16)17-10/h2-8H,1H3,(H2,16,17,18). The lowest BCUT2D eigenvalue weighted by molar-refractivity contribution is 0.596. The molecule has 0 aliphatic rings. The van der Waals surface area contributed by atoms with E-state index in [1.807, 2.05) is 0 Å². The Hall–Kier alpha value is -2.45. The molecule has 7 nitrogen and oxygen atoms in total. The number of nitrogens with zero attached hydrogens (tertiary/aromatic N) is 4. The molecule has 2 N–H and O–H groups in total. The van der Waals surface area contributed by atoms with Crippen LogP contribution in [0, 0.1) is 0 Å². The molecule has 1 aromatic carbocycles. The fourth-order valence-electron chi connectivity index (χ4n) is 2.12. The Bertz CT molecular complexity index is 950. The Balaban J connectivity index is 2.23.